The first-order chi connectivity index (χ1) is 8.27. The summed E-state index contributed by atoms with van der Waals surface area (Å²) in [6.45, 7) is 2.06. The first-order valence-electron chi connectivity index (χ1n) is 6.19. The lowest BCUT2D eigenvalue weighted by Crippen LogP contribution is -2.45. The Balaban J connectivity index is 2.37. The van der Waals surface area contributed by atoms with Gasteiger partial charge in [0.1, 0.15) is 0 Å². The number of rotatable bonds is 6. The van der Waals surface area contributed by atoms with Gasteiger partial charge in [-0.05, 0) is 25.1 Å². The molecule has 0 atom stereocenters. The first kappa shape index (κ1) is 14.2. The highest BCUT2D eigenvalue weighted by molar-refractivity contribution is 7.80. The fourth-order valence-electron chi connectivity index (χ4n) is 2.04. The number of methoxy groups -OCH3 is 1. The summed E-state index contributed by atoms with van der Waals surface area (Å²) < 4.78 is 5.06. The normalized spacial score (nSPS) is 15.5. The highest BCUT2D eigenvalue weighted by atomic mass is 32.1. The predicted molar refractivity (Wildman–Crippen MR) is 71.7 cm³/mol. The van der Waals surface area contributed by atoms with Crippen LogP contribution in [0.3, 0.4) is 0 Å². The zero-order valence-electron chi connectivity index (χ0n) is 10.4. The fraction of sp³-hybridized carbons (Fsp3) is 0.833. The maximum atomic E-state index is 8.63. The Kier molecular flexibility index (Phi) is 6.90. The van der Waals surface area contributed by atoms with Gasteiger partial charge in [0.15, 0.2) is 5.11 Å². The first-order valence-corrected chi connectivity index (χ1v) is 6.60. The number of nitriles is 1. The molecule has 1 rings (SSSR count). The lowest BCUT2D eigenvalue weighted by molar-refractivity contribution is 0.176. The molecule has 0 amide bonds. The van der Waals surface area contributed by atoms with Crippen LogP contribution >= 0.6 is 12.2 Å². The van der Waals surface area contributed by atoms with Gasteiger partial charge < -0.3 is 15.0 Å². The zero-order chi connectivity index (χ0) is 12.5. The summed E-state index contributed by atoms with van der Waals surface area (Å²) in [4.78, 5) is 2.03. The minimum atomic E-state index is 0.496. The van der Waals surface area contributed by atoms with Gasteiger partial charge >= 0.3 is 0 Å². The van der Waals surface area contributed by atoms with Crippen LogP contribution in [-0.4, -0.2) is 42.9 Å². The molecule has 0 aromatic rings. The molecule has 1 aliphatic rings. The topological polar surface area (TPSA) is 48.3 Å². The van der Waals surface area contributed by atoms with Crippen LogP contribution in [-0.2, 0) is 4.74 Å². The van der Waals surface area contributed by atoms with Crippen molar-refractivity contribution in [2.75, 3.05) is 26.8 Å². The van der Waals surface area contributed by atoms with Crippen molar-refractivity contribution in [2.24, 2.45) is 0 Å². The van der Waals surface area contributed by atoms with Gasteiger partial charge in [0.2, 0.25) is 0 Å². The van der Waals surface area contributed by atoms with E-state index in [4.69, 9.17) is 22.2 Å². The number of hydrogen-bond donors (Lipinski definition) is 1. The van der Waals surface area contributed by atoms with E-state index in [9.17, 15) is 0 Å². The minimum Gasteiger partial charge on any atom is -0.383 e. The van der Waals surface area contributed by atoms with Gasteiger partial charge in [0, 0.05) is 26.2 Å². The lowest BCUT2D eigenvalue weighted by Gasteiger charge is -2.27. The maximum absolute atomic E-state index is 8.63. The third kappa shape index (κ3) is 5.33. The van der Waals surface area contributed by atoms with Crippen molar-refractivity contribution in [3.63, 3.8) is 0 Å². The molecule has 0 aliphatic heterocycles. The Hall–Kier alpha value is -0.860. The molecule has 0 heterocycles. The number of nitrogens with zero attached hydrogens (tertiary/aromatic N) is 2. The number of hydrogen-bond acceptors (Lipinski definition) is 3. The molecule has 0 aromatic heterocycles. The van der Waals surface area contributed by atoms with Crippen LogP contribution in [0.5, 0.6) is 0 Å². The molecule has 0 spiro atoms. The summed E-state index contributed by atoms with van der Waals surface area (Å²) >= 11 is 5.39. The van der Waals surface area contributed by atoms with Gasteiger partial charge in [-0.15, -0.1) is 0 Å². The SMILES string of the molecule is COCCN(CCC#N)C(=S)NC1CCCC1. The van der Waals surface area contributed by atoms with Crippen LogP contribution in [0.4, 0.5) is 0 Å². The van der Waals surface area contributed by atoms with E-state index in [1.54, 1.807) is 7.11 Å². The highest BCUT2D eigenvalue weighted by Gasteiger charge is 2.18. The second kappa shape index (κ2) is 8.26. The molecule has 0 unspecified atom stereocenters. The molecule has 1 saturated carbocycles. The molecule has 0 saturated heterocycles. The summed E-state index contributed by atoms with van der Waals surface area (Å²) in [6, 6.07) is 2.68. The molecule has 1 aliphatic carbocycles. The van der Waals surface area contributed by atoms with Crippen molar-refractivity contribution >= 4 is 17.3 Å². The van der Waals surface area contributed by atoms with Crippen LogP contribution in [0.25, 0.3) is 0 Å². The summed E-state index contributed by atoms with van der Waals surface area (Å²) in [6.07, 6.45) is 5.48. The molecular formula is C12H21N3OS. The van der Waals surface area contributed by atoms with Gasteiger partial charge in [0.05, 0.1) is 19.1 Å². The van der Waals surface area contributed by atoms with Crippen molar-refractivity contribution in [3.8, 4) is 6.07 Å². The Morgan fingerprint density at radius 3 is 2.76 bits per heavy atom. The summed E-state index contributed by atoms with van der Waals surface area (Å²) in [5, 5.41) is 12.8. The third-order valence-corrected chi connectivity index (χ3v) is 3.40. The Morgan fingerprint density at radius 1 is 1.47 bits per heavy atom. The second-order valence-electron chi connectivity index (χ2n) is 4.32. The van der Waals surface area contributed by atoms with Gasteiger partial charge in [-0.3, -0.25) is 0 Å². The Morgan fingerprint density at radius 2 is 2.18 bits per heavy atom. The van der Waals surface area contributed by atoms with E-state index < -0.39 is 0 Å². The lowest BCUT2D eigenvalue weighted by atomic mass is 10.2. The van der Waals surface area contributed by atoms with Crippen molar-refractivity contribution in [2.45, 2.75) is 38.1 Å². The number of thiocarbonyl (C=S) groups is 1. The monoisotopic (exact) mass is 255 g/mol. The third-order valence-electron chi connectivity index (χ3n) is 3.03. The van der Waals surface area contributed by atoms with Crippen LogP contribution in [0.15, 0.2) is 0 Å². The fourth-order valence-corrected chi connectivity index (χ4v) is 2.39. The van der Waals surface area contributed by atoms with E-state index in [-0.39, 0.29) is 0 Å². The van der Waals surface area contributed by atoms with E-state index >= 15 is 0 Å². The van der Waals surface area contributed by atoms with Crippen molar-refractivity contribution < 1.29 is 4.74 Å². The van der Waals surface area contributed by atoms with Crippen LogP contribution in [0, 0.1) is 11.3 Å². The van der Waals surface area contributed by atoms with Gasteiger partial charge in [-0.2, -0.15) is 5.26 Å². The van der Waals surface area contributed by atoms with Gasteiger partial charge in [0.25, 0.3) is 0 Å². The quantitative estimate of drug-likeness (QED) is 0.732. The highest BCUT2D eigenvalue weighted by Crippen LogP contribution is 2.17. The molecule has 96 valence electrons. The van der Waals surface area contributed by atoms with Crippen molar-refractivity contribution in [1.82, 2.24) is 10.2 Å². The van der Waals surface area contributed by atoms with Crippen LogP contribution < -0.4 is 5.32 Å². The molecule has 17 heavy (non-hydrogen) atoms. The smallest absolute Gasteiger partial charge is 0.169 e. The van der Waals surface area contributed by atoms with E-state index in [0.29, 0.717) is 25.6 Å². The number of nitrogens with one attached hydrogen (secondary N) is 1. The summed E-state index contributed by atoms with van der Waals surface area (Å²) in [5.74, 6) is 0. The molecule has 1 N–H and O–H groups in total. The van der Waals surface area contributed by atoms with Crippen LogP contribution in [0.1, 0.15) is 32.1 Å². The average molecular weight is 255 g/mol. The largest absolute Gasteiger partial charge is 0.383 e. The van der Waals surface area contributed by atoms with E-state index in [0.717, 1.165) is 11.7 Å². The second-order valence-corrected chi connectivity index (χ2v) is 4.71. The molecule has 0 bridgehead atoms. The Labute approximate surface area is 109 Å². The molecule has 1 fully saturated rings. The molecule has 0 aromatic carbocycles. The average Bonchev–Trinajstić information content (AvgIpc) is 2.82. The number of ether oxygens (including phenoxy) is 1. The van der Waals surface area contributed by atoms with Crippen molar-refractivity contribution in [3.05, 3.63) is 0 Å². The molecule has 5 heteroatoms. The zero-order valence-corrected chi connectivity index (χ0v) is 11.3. The van der Waals surface area contributed by atoms with Gasteiger partial charge in [-0.25, -0.2) is 0 Å². The van der Waals surface area contributed by atoms with E-state index in [2.05, 4.69) is 11.4 Å². The van der Waals surface area contributed by atoms with Crippen molar-refractivity contribution in [1.29, 1.82) is 5.26 Å². The van der Waals surface area contributed by atoms with E-state index in [1.807, 2.05) is 4.90 Å². The molecule has 4 nitrogen and oxygen atoms in total. The minimum absolute atomic E-state index is 0.496. The summed E-state index contributed by atoms with van der Waals surface area (Å²) in [7, 11) is 1.68. The molecular weight excluding hydrogens is 234 g/mol. The maximum Gasteiger partial charge on any atom is 0.169 e. The van der Waals surface area contributed by atoms with E-state index in [1.165, 1.54) is 25.7 Å². The molecule has 0 radical (unpaired) electrons. The van der Waals surface area contributed by atoms with Gasteiger partial charge in [-0.1, -0.05) is 12.8 Å². The summed E-state index contributed by atoms with van der Waals surface area (Å²) in [5.41, 5.74) is 0. The Bertz CT molecular complexity index is 271. The van der Waals surface area contributed by atoms with Crippen LogP contribution in [0.2, 0.25) is 0 Å². The standard InChI is InChI=1S/C12H21N3OS/c1-16-10-9-15(8-4-7-13)12(17)14-11-5-2-3-6-11/h11H,2-6,8-10H2,1H3,(H,14,17). The predicted octanol–water partition coefficient (Wildman–Crippen LogP) is 1.67.